The van der Waals surface area contributed by atoms with E-state index in [-0.39, 0.29) is 36.6 Å². The SMILES string of the molecule is CC(CN)C(=O)N1CCC(c2ncc[nH]2)CC1.Cl.Cl. The largest absolute Gasteiger partial charge is 0.348 e. The second-order valence-electron chi connectivity index (χ2n) is 4.71. The number of rotatable bonds is 3. The lowest BCUT2D eigenvalue weighted by Crippen LogP contribution is -2.42. The summed E-state index contributed by atoms with van der Waals surface area (Å²) in [5, 5.41) is 0. The zero-order valence-electron chi connectivity index (χ0n) is 11.0. The minimum Gasteiger partial charge on any atom is -0.348 e. The van der Waals surface area contributed by atoms with Crippen LogP contribution in [0.25, 0.3) is 0 Å². The van der Waals surface area contributed by atoms with Crippen LogP contribution >= 0.6 is 24.8 Å². The highest BCUT2D eigenvalue weighted by Gasteiger charge is 2.26. The number of nitrogens with one attached hydrogen (secondary N) is 1. The number of imidazole rings is 1. The lowest BCUT2D eigenvalue weighted by Gasteiger charge is -2.32. The molecule has 1 saturated heterocycles. The number of halogens is 2. The molecule has 1 fully saturated rings. The molecule has 1 aliphatic rings. The Bertz CT molecular complexity index is 364. The van der Waals surface area contributed by atoms with E-state index in [0.29, 0.717) is 12.5 Å². The topological polar surface area (TPSA) is 75.0 Å². The molecule has 1 aromatic rings. The van der Waals surface area contributed by atoms with Gasteiger partial charge in [0, 0.05) is 43.9 Å². The van der Waals surface area contributed by atoms with Gasteiger partial charge in [0.2, 0.25) is 5.91 Å². The third-order valence-corrected chi connectivity index (χ3v) is 3.49. The van der Waals surface area contributed by atoms with Crippen LogP contribution in [0.5, 0.6) is 0 Å². The monoisotopic (exact) mass is 308 g/mol. The Labute approximate surface area is 126 Å². The molecule has 2 heterocycles. The van der Waals surface area contributed by atoms with E-state index < -0.39 is 0 Å². The van der Waals surface area contributed by atoms with Gasteiger partial charge in [-0.15, -0.1) is 24.8 Å². The predicted octanol–water partition coefficient (Wildman–Crippen LogP) is 1.55. The molecule has 1 unspecified atom stereocenters. The molecule has 1 amide bonds. The maximum atomic E-state index is 11.9. The number of piperidine rings is 1. The van der Waals surface area contributed by atoms with E-state index in [4.69, 9.17) is 5.73 Å². The number of aromatic nitrogens is 2. The normalized spacial score (nSPS) is 17.3. The molecule has 1 atom stereocenters. The minimum atomic E-state index is -0.0600. The van der Waals surface area contributed by atoms with Gasteiger partial charge in [0.15, 0.2) is 0 Å². The van der Waals surface area contributed by atoms with Crippen LogP contribution in [0, 0.1) is 5.92 Å². The van der Waals surface area contributed by atoms with Crippen molar-refractivity contribution in [2.24, 2.45) is 11.7 Å². The number of aromatic amines is 1. The van der Waals surface area contributed by atoms with Gasteiger partial charge in [-0.05, 0) is 12.8 Å². The van der Waals surface area contributed by atoms with Crippen molar-refractivity contribution in [3.63, 3.8) is 0 Å². The van der Waals surface area contributed by atoms with Gasteiger partial charge in [-0.25, -0.2) is 4.98 Å². The summed E-state index contributed by atoms with van der Waals surface area (Å²) in [5.74, 6) is 1.63. The quantitative estimate of drug-likeness (QED) is 0.889. The smallest absolute Gasteiger partial charge is 0.226 e. The molecule has 2 rings (SSSR count). The number of nitrogens with zero attached hydrogens (tertiary/aromatic N) is 2. The van der Waals surface area contributed by atoms with Crippen molar-refractivity contribution in [1.29, 1.82) is 0 Å². The lowest BCUT2D eigenvalue weighted by molar-refractivity contribution is -0.135. The number of nitrogens with two attached hydrogens (primary N) is 1. The standard InChI is InChI=1S/C12H20N4O.2ClH/c1-9(8-13)12(17)16-6-2-10(3-7-16)11-14-4-5-15-11;;/h4-5,9-10H,2-3,6-8,13H2,1H3,(H,14,15);2*1H. The number of hydrogen-bond acceptors (Lipinski definition) is 3. The first-order valence-electron chi connectivity index (χ1n) is 6.20. The van der Waals surface area contributed by atoms with Crippen LogP contribution in [-0.4, -0.2) is 40.4 Å². The fourth-order valence-electron chi connectivity index (χ4n) is 2.29. The number of H-pyrrole nitrogens is 1. The zero-order valence-corrected chi connectivity index (χ0v) is 12.7. The predicted molar refractivity (Wildman–Crippen MR) is 79.9 cm³/mol. The van der Waals surface area contributed by atoms with Crippen LogP contribution in [0.1, 0.15) is 31.5 Å². The van der Waals surface area contributed by atoms with Crippen LogP contribution in [0.4, 0.5) is 0 Å². The van der Waals surface area contributed by atoms with Crippen molar-refractivity contribution in [3.05, 3.63) is 18.2 Å². The maximum Gasteiger partial charge on any atom is 0.226 e. The highest BCUT2D eigenvalue weighted by Crippen LogP contribution is 2.25. The molecular weight excluding hydrogens is 287 g/mol. The van der Waals surface area contributed by atoms with Crippen molar-refractivity contribution in [3.8, 4) is 0 Å². The van der Waals surface area contributed by atoms with Gasteiger partial charge in [0.05, 0.1) is 0 Å². The molecule has 0 radical (unpaired) electrons. The molecule has 0 aliphatic carbocycles. The van der Waals surface area contributed by atoms with Gasteiger partial charge in [-0.3, -0.25) is 4.79 Å². The number of likely N-dealkylation sites (tertiary alicyclic amines) is 1. The fourth-order valence-corrected chi connectivity index (χ4v) is 2.29. The number of amides is 1. The van der Waals surface area contributed by atoms with Gasteiger partial charge < -0.3 is 15.6 Å². The van der Waals surface area contributed by atoms with E-state index >= 15 is 0 Å². The number of hydrogen-bond donors (Lipinski definition) is 2. The number of carbonyl (C=O) groups is 1. The van der Waals surface area contributed by atoms with E-state index in [9.17, 15) is 4.79 Å². The van der Waals surface area contributed by atoms with Crippen molar-refractivity contribution in [1.82, 2.24) is 14.9 Å². The molecular formula is C12H22Cl2N4O. The number of carbonyl (C=O) groups excluding carboxylic acids is 1. The first-order valence-corrected chi connectivity index (χ1v) is 6.20. The summed E-state index contributed by atoms with van der Waals surface area (Å²) in [6.45, 7) is 3.95. The van der Waals surface area contributed by atoms with E-state index in [1.807, 2.05) is 18.0 Å². The van der Waals surface area contributed by atoms with Crippen LogP contribution in [0.3, 0.4) is 0 Å². The second-order valence-corrected chi connectivity index (χ2v) is 4.71. The maximum absolute atomic E-state index is 11.9. The van der Waals surface area contributed by atoms with Crippen LogP contribution in [0.2, 0.25) is 0 Å². The third-order valence-electron chi connectivity index (χ3n) is 3.49. The summed E-state index contributed by atoms with van der Waals surface area (Å²) in [5.41, 5.74) is 5.52. The van der Waals surface area contributed by atoms with Crippen LogP contribution in [0.15, 0.2) is 12.4 Å². The molecule has 0 aromatic carbocycles. The molecule has 0 bridgehead atoms. The van der Waals surface area contributed by atoms with Crippen molar-refractivity contribution < 1.29 is 4.79 Å². The first kappa shape index (κ1) is 18.2. The molecule has 0 saturated carbocycles. The van der Waals surface area contributed by atoms with E-state index in [1.54, 1.807) is 6.20 Å². The Morgan fingerprint density at radius 2 is 2.16 bits per heavy atom. The zero-order chi connectivity index (χ0) is 12.3. The Morgan fingerprint density at radius 1 is 1.53 bits per heavy atom. The van der Waals surface area contributed by atoms with Crippen molar-refractivity contribution in [2.75, 3.05) is 19.6 Å². The first-order chi connectivity index (χ1) is 8.22. The van der Waals surface area contributed by atoms with E-state index in [1.165, 1.54) is 0 Å². The van der Waals surface area contributed by atoms with Gasteiger partial charge in [0.1, 0.15) is 5.82 Å². The molecule has 110 valence electrons. The molecule has 19 heavy (non-hydrogen) atoms. The summed E-state index contributed by atoms with van der Waals surface area (Å²) >= 11 is 0. The molecule has 1 aromatic heterocycles. The summed E-state index contributed by atoms with van der Waals surface area (Å²) in [6.07, 6.45) is 5.60. The van der Waals surface area contributed by atoms with Gasteiger partial charge in [-0.1, -0.05) is 6.92 Å². The van der Waals surface area contributed by atoms with Crippen molar-refractivity contribution in [2.45, 2.75) is 25.7 Å². The Kier molecular flexibility index (Phi) is 8.06. The summed E-state index contributed by atoms with van der Waals surface area (Å²) in [4.78, 5) is 21.3. The Balaban J connectivity index is 0.00000162. The van der Waals surface area contributed by atoms with Gasteiger partial charge in [0.25, 0.3) is 0 Å². The molecule has 7 heteroatoms. The Hall–Kier alpha value is -0.780. The molecule has 3 N–H and O–H groups in total. The van der Waals surface area contributed by atoms with E-state index in [0.717, 1.165) is 31.8 Å². The molecule has 0 spiro atoms. The minimum absolute atomic E-state index is 0. The van der Waals surface area contributed by atoms with Crippen molar-refractivity contribution >= 4 is 30.7 Å². The van der Waals surface area contributed by atoms with Crippen LogP contribution in [-0.2, 0) is 4.79 Å². The summed E-state index contributed by atoms with van der Waals surface area (Å²) < 4.78 is 0. The molecule has 1 aliphatic heterocycles. The average Bonchev–Trinajstić information content (AvgIpc) is 2.91. The Morgan fingerprint density at radius 3 is 2.63 bits per heavy atom. The van der Waals surface area contributed by atoms with Crippen LogP contribution < -0.4 is 5.73 Å². The summed E-state index contributed by atoms with van der Waals surface area (Å²) in [6, 6.07) is 0. The van der Waals surface area contributed by atoms with E-state index in [2.05, 4.69) is 9.97 Å². The highest BCUT2D eigenvalue weighted by molar-refractivity contribution is 5.85. The summed E-state index contributed by atoms with van der Waals surface area (Å²) in [7, 11) is 0. The second kappa shape index (κ2) is 8.40. The van der Waals surface area contributed by atoms with Gasteiger partial charge in [-0.2, -0.15) is 0 Å². The average molecular weight is 309 g/mol. The molecule has 5 nitrogen and oxygen atoms in total. The lowest BCUT2D eigenvalue weighted by atomic mass is 9.95. The fraction of sp³-hybridized carbons (Fsp3) is 0.667. The highest BCUT2D eigenvalue weighted by atomic mass is 35.5. The third kappa shape index (κ3) is 4.37. The van der Waals surface area contributed by atoms with Gasteiger partial charge >= 0.3 is 0 Å².